The van der Waals surface area contributed by atoms with Gasteiger partial charge in [0.15, 0.2) is 6.61 Å². The number of nitriles is 1. The van der Waals surface area contributed by atoms with Crippen molar-refractivity contribution in [3.05, 3.63) is 29.8 Å². The molecule has 1 aromatic carbocycles. The van der Waals surface area contributed by atoms with Crippen molar-refractivity contribution in [2.75, 3.05) is 13.2 Å². The molecule has 0 aliphatic heterocycles. The minimum absolute atomic E-state index is 0.0702. The van der Waals surface area contributed by atoms with Crippen molar-refractivity contribution in [2.24, 2.45) is 5.92 Å². The lowest BCUT2D eigenvalue weighted by Gasteiger charge is -2.09. The van der Waals surface area contributed by atoms with Gasteiger partial charge < -0.3 is 9.57 Å². The van der Waals surface area contributed by atoms with Crippen molar-refractivity contribution in [1.82, 2.24) is 5.48 Å². The molecule has 0 atom stereocenters. The zero-order valence-corrected chi connectivity index (χ0v) is 10.3. The van der Waals surface area contributed by atoms with E-state index in [0.717, 1.165) is 5.56 Å². The molecule has 4 nitrogen and oxygen atoms in total. The molecule has 0 saturated heterocycles. The maximum Gasteiger partial charge on any atom is 0.174 e. The first-order valence-corrected chi connectivity index (χ1v) is 5.65. The highest BCUT2D eigenvalue weighted by molar-refractivity contribution is 5.28. The Kier molecular flexibility index (Phi) is 6.08. The summed E-state index contributed by atoms with van der Waals surface area (Å²) in [4.78, 5) is 5.28. The van der Waals surface area contributed by atoms with E-state index in [-0.39, 0.29) is 6.61 Å². The average Bonchev–Trinajstić information content (AvgIpc) is 2.32. The van der Waals surface area contributed by atoms with E-state index in [9.17, 15) is 0 Å². The van der Waals surface area contributed by atoms with E-state index >= 15 is 0 Å². The number of nitrogens with one attached hydrogen (secondary N) is 1. The molecule has 0 unspecified atom stereocenters. The normalized spacial score (nSPS) is 10.2. The summed E-state index contributed by atoms with van der Waals surface area (Å²) in [7, 11) is 0. The summed E-state index contributed by atoms with van der Waals surface area (Å²) < 4.78 is 5.21. The van der Waals surface area contributed by atoms with E-state index in [4.69, 9.17) is 14.8 Å². The first kappa shape index (κ1) is 13.5. The number of benzene rings is 1. The fraction of sp³-hybridized carbons (Fsp3) is 0.462. The van der Waals surface area contributed by atoms with Crippen molar-refractivity contribution < 1.29 is 9.57 Å². The lowest BCUT2D eigenvalue weighted by Crippen LogP contribution is -2.17. The van der Waals surface area contributed by atoms with Gasteiger partial charge in [0.1, 0.15) is 11.8 Å². The zero-order chi connectivity index (χ0) is 12.5. The predicted molar refractivity (Wildman–Crippen MR) is 65.2 cm³/mol. The Morgan fingerprint density at radius 1 is 1.41 bits per heavy atom. The zero-order valence-electron chi connectivity index (χ0n) is 10.3. The third-order valence-corrected chi connectivity index (χ3v) is 2.00. The summed E-state index contributed by atoms with van der Waals surface area (Å²) in [5.41, 5.74) is 3.96. The number of hydroxylamine groups is 1. The SMILES string of the molecule is CC(C)CONCc1cccc(OCC#N)c1. The Balaban J connectivity index is 2.35. The third-order valence-electron chi connectivity index (χ3n) is 2.00. The summed E-state index contributed by atoms with van der Waals surface area (Å²) in [5.74, 6) is 1.21. The smallest absolute Gasteiger partial charge is 0.174 e. The van der Waals surface area contributed by atoms with Gasteiger partial charge in [-0.3, -0.25) is 0 Å². The summed E-state index contributed by atoms with van der Waals surface area (Å²) >= 11 is 0. The van der Waals surface area contributed by atoms with Crippen molar-refractivity contribution in [3.63, 3.8) is 0 Å². The Bertz CT molecular complexity index is 372. The van der Waals surface area contributed by atoms with Crippen LogP contribution in [-0.4, -0.2) is 13.2 Å². The molecule has 0 radical (unpaired) electrons. The Morgan fingerprint density at radius 3 is 2.94 bits per heavy atom. The van der Waals surface area contributed by atoms with Gasteiger partial charge in [0.2, 0.25) is 0 Å². The molecule has 1 N–H and O–H groups in total. The Morgan fingerprint density at radius 2 is 2.24 bits per heavy atom. The van der Waals surface area contributed by atoms with Gasteiger partial charge in [-0.2, -0.15) is 10.7 Å². The molecule has 4 heteroatoms. The molecule has 0 fully saturated rings. The average molecular weight is 234 g/mol. The molecule has 0 aromatic heterocycles. The van der Waals surface area contributed by atoms with E-state index in [1.54, 1.807) is 0 Å². The summed E-state index contributed by atoms with van der Waals surface area (Å²) in [5, 5.41) is 8.41. The van der Waals surface area contributed by atoms with Gasteiger partial charge >= 0.3 is 0 Å². The van der Waals surface area contributed by atoms with E-state index < -0.39 is 0 Å². The molecule has 0 aliphatic carbocycles. The Hall–Kier alpha value is -1.57. The topological polar surface area (TPSA) is 54.3 Å². The molecule has 17 heavy (non-hydrogen) atoms. The molecule has 0 spiro atoms. The van der Waals surface area contributed by atoms with Crippen molar-refractivity contribution in [1.29, 1.82) is 5.26 Å². The van der Waals surface area contributed by atoms with Gasteiger partial charge in [-0.15, -0.1) is 0 Å². The number of rotatable bonds is 7. The summed E-state index contributed by atoms with van der Waals surface area (Å²) in [6.45, 7) is 5.57. The van der Waals surface area contributed by atoms with Gasteiger partial charge in [0.25, 0.3) is 0 Å². The highest BCUT2D eigenvalue weighted by atomic mass is 16.6. The second-order valence-corrected chi connectivity index (χ2v) is 4.12. The molecule has 0 heterocycles. The van der Waals surface area contributed by atoms with Crippen LogP contribution in [0.2, 0.25) is 0 Å². The maximum atomic E-state index is 8.41. The minimum Gasteiger partial charge on any atom is -0.479 e. The van der Waals surface area contributed by atoms with E-state index in [0.29, 0.717) is 24.8 Å². The van der Waals surface area contributed by atoms with Gasteiger partial charge in [0, 0.05) is 6.54 Å². The van der Waals surface area contributed by atoms with Crippen LogP contribution in [0.25, 0.3) is 0 Å². The standard InChI is InChI=1S/C13H18N2O2/c1-11(2)10-17-15-9-12-4-3-5-13(8-12)16-7-6-14/h3-5,8,11,15H,7,9-10H2,1-2H3. The second-order valence-electron chi connectivity index (χ2n) is 4.12. The van der Waals surface area contributed by atoms with E-state index in [2.05, 4.69) is 19.3 Å². The van der Waals surface area contributed by atoms with Crippen LogP contribution < -0.4 is 10.2 Å². The van der Waals surface area contributed by atoms with Crippen molar-refractivity contribution in [2.45, 2.75) is 20.4 Å². The molecule has 0 bridgehead atoms. The van der Waals surface area contributed by atoms with Crippen LogP contribution in [0.15, 0.2) is 24.3 Å². The van der Waals surface area contributed by atoms with Crippen molar-refractivity contribution >= 4 is 0 Å². The van der Waals surface area contributed by atoms with Gasteiger partial charge in [0.05, 0.1) is 6.61 Å². The number of nitrogens with zero attached hydrogens (tertiary/aromatic N) is 1. The highest BCUT2D eigenvalue weighted by Gasteiger charge is 1.98. The number of ether oxygens (including phenoxy) is 1. The first-order chi connectivity index (χ1) is 8.22. The molecule has 92 valence electrons. The van der Waals surface area contributed by atoms with Crippen LogP contribution >= 0.6 is 0 Å². The van der Waals surface area contributed by atoms with Crippen LogP contribution in [-0.2, 0) is 11.4 Å². The highest BCUT2D eigenvalue weighted by Crippen LogP contribution is 2.12. The molecule has 0 amide bonds. The van der Waals surface area contributed by atoms with Crippen LogP contribution in [0.3, 0.4) is 0 Å². The molecule has 0 saturated carbocycles. The molecule has 1 rings (SSSR count). The van der Waals surface area contributed by atoms with Crippen LogP contribution in [0.4, 0.5) is 0 Å². The number of hydrogen-bond donors (Lipinski definition) is 1. The molecule has 0 aliphatic rings. The third kappa shape index (κ3) is 5.91. The fourth-order valence-electron chi connectivity index (χ4n) is 1.22. The van der Waals surface area contributed by atoms with Gasteiger partial charge in [-0.05, 0) is 23.6 Å². The molecular formula is C13H18N2O2. The van der Waals surface area contributed by atoms with Crippen molar-refractivity contribution in [3.8, 4) is 11.8 Å². The fourth-order valence-corrected chi connectivity index (χ4v) is 1.22. The maximum absolute atomic E-state index is 8.41. The lowest BCUT2D eigenvalue weighted by molar-refractivity contribution is 0.0196. The molecular weight excluding hydrogens is 216 g/mol. The summed E-state index contributed by atoms with van der Waals surface area (Å²) in [6.07, 6.45) is 0. The largest absolute Gasteiger partial charge is 0.479 e. The van der Waals surface area contributed by atoms with Crippen LogP contribution in [0.1, 0.15) is 19.4 Å². The monoisotopic (exact) mass is 234 g/mol. The van der Waals surface area contributed by atoms with E-state index in [1.807, 2.05) is 30.3 Å². The van der Waals surface area contributed by atoms with Gasteiger partial charge in [-0.1, -0.05) is 26.0 Å². The number of hydrogen-bond acceptors (Lipinski definition) is 4. The lowest BCUT2D eigenvalue weighted by atomic mass is 10.2. The van der Waals surface area contributed by atoms with Gasteiger partial charge in [-0.25, -0.2) is 0 Å². The second kappa shape index (κ2) is 7.66. The van der Waals surface area contributed by atoms with Crippen LogP contribution in [0.5, 0.6) is 5.75 Å². The minimum atomic E-state index is 0.0702. The quantitative estimate of drug-likeness (QED) is 0.581. The van der Waals surface area contributed by atoms with Crippen LogP contribution in [0, 0.1) is 17.2 Å². The summed E-state index contributed by atoms with van der Waals surface area (Å²) in [6, 6.07) is 9.53. The molecule has 1 aromatic rings. The Labute approximate surface area is 102 Å². The predicted octanol–water partition coefficient (Wildman–Crippen LogP) is 2.27. The first-order valence-electron chi connectivity index (χ1n) is 5.65. The van der Waals surface area contributed by atoms with E-state index in [1.165, 1.54) is 0 Å².